The van der Waals surface area contributed by atoms with E-state index in [9.17, 15) is 14.9 Å². The van der Waals surface area contributed by atoms with E-state index < -0.39 is 10.8 Å². The Morgan fingerprint density at radius 1 is 1.14 bits per heavy atom. The van der Waals surface area contributed by atoms with Gasteiger partial charge in [-0.15, -0.1) is 0 Å². The first-order chi connectivity index (χ1) is 9.88. The molecule has 21 heavy (non-hydrogen) atoms. The quantitative estimate of drug-likeness (QED) is 0.685. The number of amides is 1. The molecule has 0 heterocycles. The van der Waals surface area contributed by atoms with Crippen molar-refractivity contribution in [2.75, 3.05) is 5.32 Å². The maximum absolute atomic E-state index is 12.2. The zero-order chi connectivity index (χ0) is 15.6. The molecule has 5 nitrogen and oxygen atoms in total. The minimum Gasteiger partial charge on any atom is -0.316 e. The molecule has 2 rings (SSSR count). The average molecular weight is 305 g/mol. The molecular weight excluding hydrogens is 292 g/mol. The second kappa shape index (κ2) is 5.93. The summed E-state index contributed by atoms with van der Waals surface area (Å²) in [6.07, 6.45) is 0. The lowest BCUT2D eigenvalue weighted by Gasteiger charge is -2.08. The minimum absolute atomic E-state index is 0.118. The first kappa shape index (κ1) is 15.0. The predicted octanol–water partition coefficient (Wildman–Crippen LogP) is 4.12. The number of hydrogen-bond donors (Lipinski definition) is 1. The number of nitro benzene ring substituents is 1. The van der Waals surface area contributed by atoms with Crippen LogP contribution in [0.5, 0.6) is 0 Å². The Hall–Kier alpha value is -2.40. The molecule has 0 fully saturated rings. The van der Waals surface area contributed by atoms with Gasteiger partial charge in [0, 0.05) is 16.7 Å². The van der Waals surface area contributed by atoms with Crippen molar-refractivity contribution in [2.24, 2.45) is 0 Å². The van der Waals surface area contributed by atoms with E-state index in [-0.39, 0.29) is 16.4 Å². The summed E-state index contributed by atoms with van der Waals surface area (Å²) in [4.78, 5) is 22.6. The van der Waals surface area contributed by atoms with Crippen LogP contribution in [0.15, 0.2) is 36.4 Å². The Bertz CT molecular complexity index is 729. The molecule has 1 amide bonds. The molecule has 0 spiro atoms. The van der Waals surface area contributed by atoms with E-state index in [0.29, 0.717) is 5.56 Å². The fourth-order valence-corrected chi connectivity index (χ4v) is 2.01. The van der Waals surface area contributed by atoms with Crippen LogP contribution in [0.4, 0.5) is 11.4 Å². The van der Waals surface area contributed by atoms with Crippen molar-refractivity contribution in [1.82, 2.24) is 0 Å². The van der Waals surface area contributed by atoms with Gasteiger partial charge in [-0.25, -0.2) is 0 Å². The minimum atomic E-state index is -0.581. The Kier molecular flexibility index (Phi) is 4.23. The molecule has 0 aromatic heterocycles. The van der Waals surface area contributed by atoms with Crippen LogP contribution in [0.1, 0.15) is 21.5 Å². The summed E-state index contributed by atoms with van der Waals surface area (Å²) >= 11 is 5.74. The molecule has 0 atom stereocenters. The summed E-state index contributed by atoms with van der Waals surface area (Å²) in [7, 11) is 0. The van der Waals surface area contributed by atoms with Gasteiger partial charge in [0.25, 0.3) is 11.6 Å². The van der Waals surface area contributed by atoms with E-state index in [1.807, 2.05) is 19.9 Å². The van der Waals surface area contributed by atoms with Gasteiger partial charge < -0.3 is 5.32 Å². The van der Waals surface area contributed by atoms with E-state index in [1.54, 1.807) is 12.1 Å². The molecule has 0 radical (unpaired) electrons. The van der Waals surface area contributed by atoms with Crippen molar-refractivity contribution in [3.8, 4) is 0 Å². The van der Waals surface area contributed by atoms with Gasteiger partial charge in [0.2, 0.25) is 0 Å². The molecule has 0 unspecified atom stereocenters. The lowest BCUT2D eigenvalue weighted by Crippen LogP contribution is -2.13. The number of rotatable bonds is 3. The predicted molar refractivity (Wildman–Crippen MR) is 82.0 cm³/mol. The molecule has 0 bridgehead atoms. The van der Waals surface area contributed by atoms with E-state index in [0.717, 1.165) is 11.1 Å². The maximum Gasteiger partial charge on any atom is 0.294 e. The van der Waals surface area contributed by atoms with Gasteiger partial charge in [0.15, 0.2) is 0 Å². The number of carbonyl (C=O) groups is 1. The second-order valence-corrected chi connectivity index (χ2v) is 5.11. The fraction of sp³-hybridized carbons (Fsp3) is 0.133. The van der Waals surface area contributed by atoms with Gasteiger partial charge in [-0.3, -0.25) is 14.9 Å². The number of nitrogens with zero attached hydrogens (tertiary/aromatic N) is 1. The number of hydrogen-bond acceptors (Lipinski definition) is 3. The van der Waals surface area contributed by atoms with Crippen LogP contribution < -0.4 is 5.32 Å². The molecule has 0 saturated carbocycles. The van der Waals surface area contributed by atoms with Crippen LogP contribution in [0.3, 0.4) is 0 Å². The van der Waals surface area contributed by atoms with Crippen molar-refractivity contribution in [2.45, 2.75) is 13.8 Å². The van der Waals surface area contributed by atoms with E-state index in [1.165, 1.54) is 18.2 Å². The first-order valence-corrected chi connectivity index (χ1v) is 6.59. The first-order valence-electron chi connectivity index (χ1n) is 6.21. The molecule has 1 N–H and O–H groups in total. The topological polar surface area (TPSA) is 72.2 Å². The monoisotopic (exact) mass is 304 g/mol. The zero-order valence-corrected chi connectivity index (χ0v) is 12.3. The summed E-state index contributed by atoms with van der Waals surface area (Å²) in [5.74, 6) is -0.400. The second-order valence-electron chi connectivity index (χ2n) is 4.67. The van der Waals surface area contributed by atoms with Crippen LogP contribution in [0.2, 0.25) is 5.02 Å². The van der Waals surface area contributed by atoms with Crippen molar-refractivity contribution in [3.63, 3.8) is 0 Å². The Balaban J connectivity index is 2.31. The molecule has 0 aliphatic heterocycles. The fourth-order valence-electron chi connectivity index (χ4n) is 1.84. The number of nitro groups is 1. The number of halogens is 1. The van der Waals surface area contributed by atoms with Gasteiger partial charge in [-0.05, 0) is 49.2 Å². The van der Waals surface area contributed by atoms with Crippen molar-refractivity contribution in [3.05, 3.63) is 68.2 Å². The number of anilines is 1. The summed E-state index contributed by atoms with van der Waals surface area (Å²) in [6, 6.07) is 9.37. The molecule has 6 heteroatoms. The molecule has 2 aromatic carbocycles. The lowest BCUT2D eigenvalue weighted by molar-refractivity contribution is -0.383. The number of nitrogens with one attached hydrogen (secondary N) is 1. The lowest BCUT2D eigenvalue weighted by atomic mass is 10.1. The summed E-state index contributed by atoms with van der Waals surface area (Å²) in [6.45, 7) is 3.85. The molecule has 108 valence electrons. The zero-order valence-electron chi connectivity index (χ0n) is 11.5. The number of benzene rings is 2. The van der Waals surface area contributed by atoms with E-state index >= 15 is 0 Å². The molecule has 2 aromatic rings. The van der Waals surface area contributed by atoms with Gasteiger partial charge in [0.1, 0.15) is 5.69 Å². The van der Waals surface area contributed by atoms with Crippen LogP contribution >= 0.6 is 11.6 Å². The third-order valence-corrected chi connectivity index (χ3v) is 3.41. The summed E-state index contributed by atoms with van der Waals surface area (Å²) < 4.78 is 0. The standard InChI is InChI=1S/C15H13ClN2O3/c1-9-3-4-11(7-10(9)2)15(19)17-13-6-5-12(16)8-14(13)18(20)21/h3-8H,1-2H3,(H,17,19). The molecule has 0 aliphatic carbocycles. The highest BCUT2D eigenvalue weighted by molar-refractivity contribution is 6.31. The van der Waals surface area contributed by atoms with Crippen molar-refractivity contribution in [1.29, 1.82) is 0 Å². The smallest absolute Gasteiger partial charge is 0.294 e. The van der Waals surface area contributed by atoms with Gasteiger partial charge in [-0.1, -0.05) is 17.7 Å². The molecule has 0 saturated heterocycles. The van der Waals surface area contributed by atoms with Gasteiger partial charge in [0.05, 0.1) is 4.92 Å². The largest absolute Gasteiger partial charge is 0.316 e. The summed E-state index contributed by atoms with van der Waals surface area (Å²) in [5.41, 5.74) is 2.38. The SMILES string of the molecule is Cc1ccc(C(=O)Nc2ccc(Cl)cc2[N+](=O)[O-])cc1C. The van der Waals surface area contributed by atoms with Gasteiger partial charge in [-0.2, -0.15) is 0 Å². The van der Waals surface area contributed by atoms with Gasteiger partial charge >= 0.3 is 0 Å². The Labute approximate surface area is 126 Å². The van der Waals surface area contributed by atoms with E-state index in [4.69, 9.17) is 11.6 Å². The maximum atomic E-state index is 12.2. The number of carbonyl (C=O) groups excluding carboxylic acids is 1. The van der Waals surface area contributed by atoms with Crippen LogP contribution in [0, 0.1) is 24.0 Å². The van der Waals surface area contributed by atoms with Crippen molar-refractivity contribution < 1.29 is 9.72 Å². The highest BCUT2D eigenvalue weighted by atomic mass is 35.5. The van der Waals surface area contributed by atoms with Crippen LogP contribution in [-0.2, 0) is 0 Å². The van der Waals surface area contributed by atoms with Crippen molar-refractivity contribution >= 4 is 28.9 Å². The highest BCUT2D eigenvalue weighted by Crippen LogP contribution is 2.28. The number of aryl methyl sites for hydroxylation is 2. The third kappa shape index (κ3) is 3.38. The highest BCUT2D eigenvalue weighted by Gasteiger charge is 2.17. The normalized spacial score (nSPS) is 10.2. The average Bonchev–Trinajstić information content (AvgIpc) is 2.43. The molecule has 0 aliphatic rings. The Morgan fingerprint density at radius 3 is 2.48 bits per heavy atom. The molecular formula is C15H13ClN2O3. The van der Waals surface area contributed by atoms with E-state index in [2.05, 4.69) is 5.32 Å². The van der Waals surface area contributed by atoms with Crippen LogP contribution in [-0.4, -0.2) is 10.8 Å². The Morgan fingerprint density at radius 2 is 1.86 bits per heavy atom. The van der Waals surface area contributed by atoms with Crippen LogP contribution in [0.25, 0.3) is 0 Å². The summed E-state index contributed by atoms with van der Waals surface area (Å²) in [5, 5.41) is 13.8. The third-order valence-electron chi connectivity index (χ3n) is 3.17.